The Kier molecular flexibility index (Phi) is 3.99. The van der Waals surface area contributed by atoms with Crippen molar-refractivity contribution in [1.29, 1.82) is 0 Å². The Morgan fingerprint density at radius 3 is 2.74 bits per heavy atom. The average Bonchev–Trinajstić information content (AvgIpc) is 2.88. The molecule has 1 amide bonds. The number of carbonyl (C=O) groups is 1. The third kappa shape index (κ3) is 3.01. The molecule has 1 aromatic rings. The van der Waals surface area contributed by atoms with Crippen molar-refractivity contribution in [1.82, 2.24) is 9.97 Å². The number of primary amides is 1. The first-order valence-corrected chi connectivity index (χ1v) is 6.50. The van der Waals surface area contributed by atoms with E-state index in [1.54, 1.807) is 6.20 Å². The zero-order chi connectivity index (χ0) is 13.9. The van der Waals surface area contributed by atoms with E-state index in [2.05, 4.69) is 9.97 Å². The number of amides is 1. The van der Waals surface area contributed by atoms with Crippen LogP contribution < -0.4 is 10.6 Å². The van der Waals surface area contributed by atoms with Gasteiger partial charge >= 0.3 is 0 Å². The van der Waals surface area contributed by atoms with Crippen LogP contribution in [0.1, 0.15) is 36.2 Å². The van der Waals surface area contributed by atoms with Gasteiger partial charge < -0.3 is 15.7 Å². The molecule has 0 spiro atoms. The van der Waals surface area contributed by atoms with Gasteiger partial charge in [-0.25, -0.2) is 4.98 Å². The number of aromatic nitrogens is 2. The molecule has 2 rings (SSSR count). The van der Waals surface area contributed by atoms with Gasteiger partial charge in [0.05, 0.1) is 19.0 Å². The van der Waals surface area contributed by atoms with Crippen molar-refractivity contribution in [3.8, 4) is 0 Å². The first-order chi connectivity index (χ1) is 9.06. The second-order valence-electron chi connectivity index (χ2n) is 5.35. The van der Waals surface area contributed by atoms with Gasteiger partial charge in [0.2, 0.25) is 0 Å². The molecule has 6 heteroatoms. The van der Waals surface area contributed by atoms with Crippen LogP contribution in [-0.4, -0.2) is 41.2 Å². The molecule has 0 aromatic carbocycles. The number of anilines is 1. The molecule has 1 fully saturated rings. The van der Waals surface area contributed by atoms with Crippen molar-refractivity contribution in [2.45, 2.75) is 25.7 Å². The smallest absolute Gasteiger partial charge is 0.268 e. The molecular weight excluding hydrogens is 244 g/mol. The van der Waals surface area contributed by atoms with E-state index in [4.69, 9.17) is 5.73 Å². The molecular formula is C13H20N4O2. The van der Waals surface area contributed by atoms with Gasteiger partial charge in [-0.05, 0) is 12.8 Å². The summed E-state index contributed by atoms with van der Waals surface area (Å²) in [6.45, 7) is 0.890. The third-order valence-electron chi connectivity index (χ3n) is 3.84. The molecule has 0 unspecified atom stereocenters. The molecule has 1 saturated carbocycles. The number of aliphatic hydroxyl groups is 1. The normalized spacial score (nSPS) is 17.4. The van der Waals surface area contributed by atoms with Crippen molar-refractivity contribution in [3.05, 3.63) is 18.1 Å². The molecule has 0 saturated heterocycles. The SMILES string of the molecule is CN(CC1(CO)CCCC1)c1cncc(C(N)=O)n1. The van der Waals surface area contributed by atoms with Gasteiger partial charge in [0.25, 0.3) is 5.91 Å². The largest absolute Gasteiger partial charge is 0.396 e. The van der Waals surface area contributed by atoms with Crippen LogP contribution in [-0.2, 0) is 0 Å². The Balaban J connectivity index is 2.13. The van der Waals surface area contributed by atoms with Gasteiger partial charge in [-0.1, -0.05) is 12.8 Å². The third-order valence-corrected chi connectivity index (χ3v) is 3.84. The zero-order valence-corrected chi connectivity index (χ0v) is 11.2. The van der Waals surface area contributed by atoms with E-state index in [-0.39, 0.29) is 17.7 Å². The van der Waals surface area contributed by atoms with Gasteiger partial charge in [0.1, 0.15) is 11.5 Å². The van der Waals surface area contributed by atoms with Crippen molar-refractivity contribution in [2.75, 3.05) is 25.1 Å². The summed E-state index contributed by atoms with van der Waals surface area (Å²) in [4.78, 5) is 21.2. The van der Waals surface area contributed by atoms with E-state index in [1.807, 2.05) is 11.9 Å². The summed E-state index contributed by atoms with van der Waals surface area (Å²) in [6, 6.07) is 0. The number of aliphatic hydroxyl groups excluding tert-OH is 1. The summed E-state index contributed by atoms with van der Waals surface area (Å²) in [5.41, 5.74) is 5.30. The van der Waals surface area contributed by atoms with Crippen LogP contribution in [0.5, 0.6) is 0 Å². The fraction of sp³-hybridized carbons (Fsp3) is 0.615. The Morgan fingerprint density at radius 1 is 1.47 bits per heavy atom. The maximum absolute atomic E-state index is 11.1. The minimum absolute atomic E-state index is 0.0564. The summed E-state index contributed by atoms with van der Waals surface area (Å²) < 4.78 is 0. The second kappa shape index (κ2) is 5.52. The Labute approximate surface area is 112 Å². The molecule has 1 aliphatic carbocycles. The van der Waals surface area contributed by atoms with Crippen molar-refractivity contribution in [3.63, 3.8) is 0 Å². The number of hydrogen-bond acceptors (Lipinski definition) is 5. The van der Waals surface area contributed by atoms with E-state index in [0.717, 1.165) is 25.7 Å². The molecule has 1 heterocycles. The molecule has 0 bridgehead atoms. The highest BCUT2D eigenvalue weighted by atomic mass is 16.3. The van der Waals surface area contributed by atoms with Gasteiger partial charge in [-0.3, -0.25) is 9.78 Å². The Hall–Kier alpha value is -1.69. The summed E-state index contributed by atoms with van der Waals surface area (Å²) in [7, 11) is 1.89. The molecule has 104 valence electrons. The van der Waals surface area contributed by atoms with E-state index in [9.17, 15) is 9.90 Å². The topological polar surface area (TPSA) is 92.3 Å². The number of hydrogen-bond donors (Lipinski definition) is 2. The minimum atomic E-state index is -0.583. The van der Waals surface area contributed by atoms with E-state index >= 15 is 0 Å². The highest BCUT2D eigenvalue weighted by Crippen LogP contribution is 2.38. The van der Waals surface area contributed by atoms with Crippen LogP contribution >= 0.6 is 0 Å². The average molecular weight is 264 g/mol. The molecule has 3 N–H and O–H groups in total. The molecule has 19 heavy (non-hydrogen) atoms. The number of nitrogens with zero attached hydrogens (tertiary/aromatic N) is 3. The summed E-state index contributed by atoms with van der Waals surface area (Å²) in [5, 5.41) is 9.62. The van der Waals surface area contributed by atoms with E-state index < -0.39 is 5.91 Å². The van der Waals surface area contributed by atoms with Crippen molar-refractivity contribution < 1.29 is 9.90 Å². The summed E-state index contributed by atoms with van der Waals surface area (Å²) in [5.74, 6) is 0.0245. The first kappa shape index (κ1) is 13.7. The monoisotopic (exact) mass is 264 g/mol. The summed E-state index contributed by atoms with van der Waals surface area (Å²) in [6.07, 6.45) is 7.32. The highest BCUT2D eigenvalue weighted by molar-refractivity contribution is 5.90. The van der Waals surface area contributed by atoms with Crippen LogP contribution in [0.3, 0.4) is 0 Å². The predicted molar refractivity (Wildman–Crippen MR) is 71.8 cm³/mol. The molecule has 1 aromatic heterocycles. The van der Waals surface area contributed by atoms with Crippen molar-refractivity contribution >= 4 is 11.7 Å². The van der Waals surface area contributed by atoms with Crippen LogP contribution in [0.4, 0.5) is 5.82 Å². The quantitative estimate of drug-likeness (QED) is 0.811. The van der Waals surface area contributed by atoms with Crippen LogP contribution in [0.15, 0.2) is 12.4 Å². The van der Waals surface area contributed by atoms with Crippen molar-refractivity contribution in [2.24, 2.45) is 11.1 Å². The van der Waals surface area contributed by atoms with Crippen LogP contribution in [0.25, 0.3) is 0 Å². The Morgan fingerprint density at radius 2 is 2.16 bits per heavy atom. The van der Waals surface area contributed by atoms with Crippen LogP contribution in [0, 0.1) is 5.41 Å². The minimum Gasteiger partial charge on any atom is -0.396 e. The van der Waals surface area contributed by atoms with Crippen LogP contribution in [0.2, 0.25) is 0 Å². The molecule has 6 nitrogen and oxygen atoms in total. The molecule has 1 aliphatic rings. The zero-order valence-electron chi connectivity index (χ0n) is 11.2. The predicted octanol–water partition coefficient (Wildman–Crippen LogP) is 0.564. The lowest BCUT2D eigenvalue weighted by Gasteiger charge is -2.32. The molecule has 0 atom stereocenters. The van der Waals surface area contributed by atoms with Gasteiger partial charge in [0.15, 0.2) is 0 Å². The maximum atomic E-state index is 11.1. The lowest BCUT2D eigenvalue weighted by Crippen LogP contribution is -2.37. The Bertz CT molecular complexity index is 458. The standard InChI is InChI=1S/C13H20N4O2/c1-17(8-13(9-18)4-2-3-5-13)11-7-15-6-10(16-11)12(14)19/h6-7,18H,2-5,8-9H2,1H3,(H2,14,19). The number of rotatable bonds is 5. The lowest BCUT2D eigenvalue weighted by atomic mass is 9.87. The van der Waals surface area contributed by atoms with E-state index in [1.165, 1.54) is 6.20 Å². The highest BCUT2D eigenvalue weighted by Gasteiger charge is 2.34. The van der Waals surface area contributed by atoms with Gasteiger partial charge in [-0.15, -0.1) is 0 Å². The van der Waals surface area contributed by atoms with E-state index in [0.29, 0.717) is 12.4 Å². The molecule has 0 aliphatic heterocycles. The maximum Gasteiger partial charge on any atom is 0.268 e. The summed E-state index contributed by atoms with van der Waals surface area (Å²) >= 11 is 0. The fourth-order valence-electron chi connectivity index (χ4n) is 2.73. The lowest BCUT2D eigenvalue weighted by molar-refractivity contribution is 0.0995. The van der Waals surface area contributed by atoms with Gasteiger partial charge in [-0.2, -0.15) is 0 Å². The number of carbonyl (C=O) groups excluding carboxylic acids is 1. The number of nitrogens with two attached hydrogens (primary N) is 1. The molecule has 0 radical (unpaired) electrons. The first-order valence-electron chi connectivity index (χ1n) is 6.50. The second-order valence-corrected chi connectivity index (χ2v) is 5.35. The van der Waals surface area contributed by atoms with Gasteiger partial charge in [0, 0.05) is 19.0 Å². The fourth-order valence-corrected chi connectivity index (χ4v) is 2.73.